The molecular formula is C33H38N2O7. The van der Waals surface area contributed by atoms with Crippen molar-refractivity contribution in [1.82, 2.24) is 0 Å². The van der Waals surface area contributed by atoms with E-state index in [1.54, 1.807) is 60.7 Å². The van der Waals surface area contributed by atoms with Crippen molar-refractivity contribution in [2.45, 2.75) is 45.4 Å². The van der Waals surface area contributed by atoms with Crippen LogP contribution in [0, 0.1) is 0 Å². The lowest BCUT2D eigenvalue weighted by atomic mass is 10.2. The van der Waals surface area contributed by atoms with E-state index >= 15 is 0 Å². The number of hydrogen-bond donors (Lipinski definition) is 2. The van der Waals surface area contributed by atoms with Crippen molar-refractivity contribution in [1.29, 1.82) is 0 Å². The van der Waals surface area contributed by atoms with E-state index in [1.807, 2.05) is 0 Å². The van der Waals surface area contributed by atoms with E-state index in [1.165, 1.54) is 18.2 Å². The zero-order valence-corrected chi connectivity index (χ0v) is 23.9. The van der Waals surface area contributed by atoms with Crippen LogP contribution in [0.25, 0.3) is 6.08 Å². The maximum absolute atomic E-state index is 12.4. The van der Waals surface area contributed by atoms with Crippen molar-refractivity contribution in [2.24, 2.45) is 0 Å². The highest BCUT2D eigenvalue weighted by molar-refractivity contribution is 5.92. The van der Waals surface area contributed by atoms with E-state index in [4.69, 9.17) is 30.4 Å². The van der Waals surface area contributed by atoms with Gasteiger partial charge in [-0.2, -0.15) is 0 Å². The fourth-order valence-electron chi connectivity index (χ4n) is 3.82. The van der Waals surface area contributed by atoms with E-state index in [0.717, 1.165) is 31.2 Å². The molecule has 0 bridgehead atoms. The van der Waals surface area contributed by atoms with E-state index in [-0.39, 0.29) is 6.61 Å². The molecule has 42 heavy (non-hydrogen) atoms. The fourth-order valence-corrected chi connectivity index (χ4v) is 3.82. The minimum atomic E-state index is -0.466. The molecule has 0 atom stereocenters. The number of carbonyl (C=O) groups excluding carboxylic acids is 3. The lowest BCUT2D eigenvalue weighted by molar-refractivity contribution is -0.137. The summed E-state index contributed by atoms with van der Waals surface area (Å²) in [6.07, 6.45) is 8.08. The number of esters is 3. The molecule has 3 rings (SSSR count). The van der Waals surface area contributed by atoms with Gasteiger partial charge in [-0.05, 0) is 98.3 Å². The Morgan fingerprint density at radius 2 is 1.29 bits per heavy atom. The third-order valence-corrected chi connectivity index (χ3v) is 6.09. The molecule has 9 nitrogen and oxygen atoms in total. The average Bonchev–Trinajstić information content (AvgIpc) is 2.98. The van der Waals surface area contributed by atoms with Crippen molar-refractivity contribution in [3.63, 3.8) is 0 Å². The van der Waals surface area contributed by atoms with Crippen molar-refractivity contribution in [3.8, 4) is 11.5 Å². The van der Waals surface area contributed by atoms with Crippen LogP contribution in [0.2, 0.25) is 0 Å². The van der Waals surface area contributed by atoms with Gasteiger partial charge in [0.2, 0.25) is 0 Å². The summed E-state index contributed by atoms with van der Waals surface area (Å²) in [6.45, 7) is 3.33. The van der Waals surface area contributed by atoms with Crippen LogP contribution in [0.15, 0.2) is 72.8 Å². The normalized spacial score (nSPS) is 10.8. The molecule has 0 aliphatic heterocycles. The number of hydrogen-bond acceptors (Lipinski definition) is 9. The highest BCUT2D eigenvalue weighted by Gasteiger charge is 2.10. The van der Waals surface area contributed by atoms with Gasteiger partial charge in [0.05, 0.1) is 30.9 Å². The summed E-state index contributed by atoms with van der Waals surface area (Å²) in [5.74, 6) is -0.256. The topological polar surface area (TPSA) is 140 Å². The van der Waals surface area contributed by atoms with Gasteiger partial charge in [-0.15, -0.1) is 0 Å². The van der Waals surface area contributed by atoms with Crippen LogP contribution >= 0.6 is 0 Å². The molecule has 3 aromatic carbocycles. The van der Waals surface area contributed by atoms with Crippen LogP contribution in [0.3, 0.4) is 0 Å². The molecule has 0 saturated heterocycles. The summed E-state index contributed by atoms with van der Waals surface area (Å²) in [6, 6.07) is 18.3. The number of unbranched alkanes of at least 4 members (excludes halogenated alkanes) is 4. The molecule has 3 aromatic rings. The zero-order chi connectivity index (χ0) is 30.2. The number of anilines is 2. The second-order valence-corrected chi connectivity index (χ2v) is 9.62. The van der Waals surface area contributed by atoms with Crippen LogP contribution in [0.4, 0.5) is 11.4 Å². The second-order valence-electron chi connectivity index (χ2n) is 9.62. The standard InChI is InChI=1S/C33H38N2O7/c1-2-3-18-39-29-15-11-25(12-16-29)33(38)42-30-13-8-24(9-14-30)10-17-31(36)40-19-6-4-5-7-20-41-32(37)26-21-27(34)23-28(35)22-26/h8-17,21-23H,2-7,18-20,34-35H2,1H3/b17-10+. The van der Waals surface area contributed by atoms with E-state index in [2.05, 4.69) is 6.92 Å². The van der Waals surface area contributed by atoms with Crippen LogP contribution < -0.4 is 20.9 Å². The molecule has 0 saturated carbocycles. The van der Waals surface area contributed by atoms with Gasteiger partial charge >= 0.3 is 17.9 Å². The number of benzene rings is 3. The summed E-state index contributed by atoms with van der Waals surface area (Å²) >= 11 is 0. The third-order valence-electron chi connectivity index (χ3n) is 6.09. The van der Waals surface area contributed by atoms with Crippen LogP contribution in [-0.2, 0) is 14.3 Å². The summed E-state index contributed by atoms with van der Waals surface area (Å²) < 4.78 is 21.5. The van der Waals surface area contributed by atoms with Crippen LogP contribution in [0.1, 0.15) is 71.7 Å². The van der Waals surface area contributed by atoms with E-state index < -0.39 is 17.9 Å². The maximum Gasteiger partial charge on any atom is 0.343 e. The third kappa shape index (κ3) is 11.4. The Bertz CT molecular complexity index is 1320. The molecule has 0 amide bonds. The average molecular weight is 575 g/mol. The minimum absolute atomic E-state index is 0.287. The first kappa shape index (κ1) is 31.7. The van der Waals surface area contributed by atoms with Crippen molar-refractivity contribution < 1.29 is 33.3 Å². The zero-order valence-electron chi connectivity index (χ0n) is 23.9. The number of rotatable bonds is 16. The predicted octanol–water partition coefficient (Wildman–Crippen LogP) is 6.22. The summed E-state index contributed by atoms with van der Waals surface area (Å²) in [5.41, 5.74) is 13.7. The lowest BCUT2D eigenvalue weighted by Gasteiger charge is -2.07. The summed E-state index contributed by atoms with van der Waals surface area (Å²) in [5, 5.41) is 0. The Kier molecular flexibility index (Phi) is 12.9. The smallest absolute Gasteiger partial charge is 0.343 e. The number of nitrogens with two attached hydrogens (primary N) is 2. The first-order valence-electron chi connectivity index (χ1n) is 14.1. The first-order chi connectivity index (χ1) is 20.3. The maximum atomic E-state index is 12.4. The molecule has 0 aromatic heterocycles. The predicted molar refractivity (Wildman–Crippen MR) is 162 cm³/mol. The highest BCUT2D eigenvalue weighted by atomic mass is 16.5. The van der Waals surface area contributed by atoms with Crippen LogP contribution in [0.5, 0.6) is 11.5 Å². The second kappa shape index (κ2) is 17.1. The number of nitrogen functional groups attached to an aromatic ring is 2. The Hall–Kier alpha value is -4.79. The molecule has 0 spiro atoms. The van der Waals surface area contributed by atoms with Gasteiger partial charge in [0.25, 0.3) is 0 Å². The van der Waals surface area contributed by atoms with E-state index in [9.17, 15) is 14.4 Å². The van der Waals surface area contributed by atoms with E-state index in [0.29, 0.717) is 60.1 Å². The van der Waals surface area contributed by atoms with Gasteiger partial charge in [-0.25, -0.2) is 14.4 Å². The quantitative estimate of drug-likeness (QED) is 0.0670. The molecule has 0 aliphatic carbocycles. The molecule has 4 N–H and O–H groups in total. The molecule has 0 aliphatic rings. The lowest BCUT2D eigenvalue weighted by Crippen LogP contribution is -2.08. The largest absolute Gasteiger partial charge is 0.494 e. The van der Waals surface area contributed by atoms with Crippen molar-refractivity contribution >= 4 is 35.4 Å². The van der Waals surface area contributed by atoms with Gasteiger partial charge in [0, 0.05) is 17.5 Å². The SMILES string of the molecule is CCCCOc1ccc(C(=O)Oc2ccc(/C=C/C(=O)OCCCCCCOC(=O)c3cc(N)cc(N)c3)cc2)cc1. The monoisotopic (exact) mass is 574 g/mol. The number of carbonyl (C=O) groups is 3. The molecule has 9 heteroatoms. The Labute approximate surface area is 246 Å². The Balaban J connectivity index is 1.28. The molecule has 222 valence electrons. The molecule has 0 unspecified atom stereocenters. The Morgan fingerprint density at radius 1 is 0.667 bits per heavy atom. The summed E-state index contributed by atoms with van der Waals surface area (Å²) in [7, 11) is 0. The Morgan fingerprint density at radius 3 is 1.93 bits per heavy atom. The molecule has 0 heterocycles. The van der Waals surface area contributed by atoms with Gasteiger partial charge in [-0.1, -0.05) is 25.5 Å². The van der Waals surface area contributed by atoms with Crippen molar-refractivity contribution in [2.75, 3.05) is 31.3 Å². The van der Waals surface area contributed by atoms with Crippen molar-refractivity contribution in [3.05, 3.63) is 89.5 Å². The first-order valence-corrected chi connectivity index (χ1v) is 14.1. The van der Waals surface area contributed by atoms with Crippen LogP contribution in [-0.4, -0.2) is 37.7 Å². The summed E-state index contributed by atoms with van der Waals surface area (Å²) in [4.78, 5) is 36.5. The molecule has 0 radical (unpaired) electrons. The number of ether oxygens (including phenoxy) is 4. The van der Waals surface area contributed by atoms with Gasteiger partial charge in [0.15, 0.2) is 0 Å². The fraction of sp³-hybridized carbons (Fsp3) is 0.303. The molecule has 0 fully saturated rings. The van der Waals surface area contributed by atoms with Gasteiger partial charge in [0.1, 0.15) is 11.5 Å². The van der Waals surface area contributed by atoms with Gasteiger partial charge in [-0.3, -0.25) is 0 Å². The van der Waals surface area contributed by atoms with Gasteiger partial charge < -0.3 is 30.4 Å². The highest BCUT2D eigenvalue weighted by Crippen LogP contribution is 2.18. The minimum Gasteiger partial charge on any atom is -0.494 e. The molecular weight excluding hydrogens is 536 g/mol.